The molecule has 0 saturated carbocycles. The number of carbonyl (C=O) groups is 1. The zero-order chi connectivity index (χ0) is 14.1. The number of likely N-dealkylation sites (tertiary alicyclic amines) is 1. The second-order valence-corrected chi connectivity index (χ2v) is 4.84. The van der Waals surface area contributed by atoms with Crippen LogP contribution in [0.4, 0.5) is 8.78 Å². The highest BCUT2D eigenvalue weighted by Crippen LogP contribution is 2.20. The van der Waals surface area contributed by atoms with Gasteiger partial charge in [-0.2, -0.15) is 0 Å². The molecule has 1 unspecified atom stereocenters. The molecular formula is C13H24F2N2O2. The molecule has 0 aromatic rings. The largest absolute Gasteiger partial charge is 0.375 e. The molecule has 1 atom stereocenters. The summed E-state index contributed by atoms with van der Waals surface area (Å²) in [4.78, 5) is 13.9. The molecule has 4 nitrogen and oxygen atoms in total. The van der Waals surface area contributed by atoms with Crippen LogP contribution in [-0.4, -0.2) is 56.6 Å². The van der Waals surface area contributed by atoms with E-state index in [2.05, 4.69) is 5.32 Å². The van der Waals surface area contributed by atoms with Gasteiger partial charge >= 0.3 is 0 Å². The molecule has 0 radical (unpaired) electrons. The minimum atomic E-state index is -2.46. The third-order valence-corrected chi connectivity index (χ3v) is 3.38. The van der Waals surface area contributed by atoms with Crippen molar-refractivity contribution in [3.05, 3.63) is 0 Å². The van der Waals surface area contributed by atoms with Crippen molar-refractivity contribution >= 4 is 5.91 Å². The highest BCUT2D eigenvalue weighted by atomic mass is 19.3. The highest BCUT2D eigenvalue weighted by molar-refractivity contribution is 5.76. The normalized spacial score (nSPS) is 20.0. The van der Waals surface area contributed by atoms with Gasteiger partial charge in [0.05, 0.1) is 13.0 Å². The summed E-state index contributed by atoms with van der Waals surface area (Å²) in [5.74, 6) is 0.0232. The number of nitrogens with zero attached hydrogens (tertiary/aromatic N) is 1. The summed E-state index contributed by atoms with van der Waals surface area (Å²) in [7, 11) is 1.90. The summed E-state index contributed by atoms with van der Waals surface area (Å²) in [5.41, 5.74) is 0. The molecule has 1 amide bonds. The molecule has 1 aliphatic rings. The van der Waals surface area contributed by atoms with Crippen LogP contribution >= 0.6 is 0 Å². The predicted molar refractivity (Wildman–Crippen MR) is 69.3 cm³/mol. The summed E-state index contributed by atoms with van der Waals surface area (Å²) >= 11 is 0. The van der Waals surface area contributed by atoms with Crippen LogP contribution in [0.2, 0.25) is 0 Å². The Morgan fingerprint density at radius 2 is 2.26 bits per heavy atom. The number of hydrogen-bond donors (Lipinski definition) is 1. The zero-order valence-corrected chi connectivity index (χ0v) is 11.5. The summed E-state index contributed by atoms with van der Waals surface area (Å²) in [6.07, 6.45) is 1.89. The standard InChI is InChI=1S/C13H24F2N2O2/c1-16-7-5-11-4-2-3-8-17(11)13(18)6-9-19-10-12(14)15/h11-12,16H,2-10H2,1H3. The minimum Gasteiger partial charge on any atom is -0.375 e. The van der Waals surface area contributed by atoms with Gasteiger partial charge in [-0.3, -0.25) is 4.79 Å². The van der Waals surface area contributed by atoms with Crippen molar-refractivity contribution in [1.29, 1.82) is 0 Å². The van der Waals surface area contributed by atoms with Gasteiger partial charge in [0.1, 0.15) is 6.61 Å². The molecule has 1 saturated heterocycles. The van der Waals surface area contributed by atoms with Gasteiger partial charge in [0.15, 0.2) is 0 Å². The maximum absolute atomic E-state index is 12.1. The van der Waals surface area contributed by atoms with Crippen molar-refractivity contribution in [2.24, 2.45) is 0 Å². The summed E-state index contributed by atoms with van der Waals surface area (Å²) in [5, 5.41) is 3.09. The van der Waals surface area contributed by atoms with Gasteiger partial charge in [-0.25, -0.2) is 8.78 Å². The third-order valence-electron chi connectivity index (χ3n) is 3.38. The van der Waals surface area contributed by atoms with Gasteiger partial charge in [-0.1, -0.05) is 0 Å². The number of halogens is 2. The average Bonchev–Trinajstić information content (AvgIpc) is 2.41. The van der Waals surface area contributed by atoms with Crippen LogP contribution in [0.1, 0.15) is 32.1 Å². The second-order valence-electron chi connectivity index (χ2n) is 4.84. The molecule has 0 aliphatic carbocycles. The number of carbonyl (C=O) groups excluding carboxylic acids is 1. The Morgan fingerprint density at radius 3 is 2.95 bits per heavy atom. The number of hydrogen-bond acceptors (Lipinski definition) is 3. The van der Waals surface area contributed by atoms with Crippen molar-refractivity contribution in [2.45, 2.75) is 44.6 Å². The van der Waals surface area contributed by atoms with E-state index in [1.807, 2.05) is 11.9 Å². The molecule has 0 aromatic heterocycles. The van der Waals surface area contributed by atoms with E-state index < -0.39 is 13.0 Å². The number of ether oxygens (including phenoxy) is 1. The molecule has 0 spiro atoms. The maximum atomic E-state index is 12.1. The van der Waals surface area contributed by atoms with Gasteiger partial charge in [-0.15, -0.1) is 0 Å². The molecule has 6 heteroatoms. The minimum absolute atomic E-state index is 0.0232. The van der Waals surface area contributed by atoms with Gasteiger partial charge < -0.3 is 15.0 Å². The first-order valence-corrected chi connectivity index (χ1v) is 6.95. The van der Waals surface area contributed by atoms with E-state index in [-0.39, 0.29) is 25.0 Å². The van der Waals surface area contributed by atoms with E-state index >= 15 is 0 Å². The Balaban J connectivity index is 2.30. The van der Waals surface area contributed by atoms with E-state index in [9.17, 15) is 13.6 Å². The first-order chi connectivity index (χ1) is 9.15. The monoisotopic (exact) mass is 278 g/mol. The third kappa shape index (κ3) is 6.29. The van der Waals surface area contributed by atoms with E-state index in [4.69, 9.17) is 4.74 Å². The van der Waals surface area contributed by atoms with Crippen molar-refractivity contribution < 1.29 is 18.3 Å². The molecule has 1 heterocycles. The van der Waals surface area contributed by atoms with Crippen LogP contribution in [0, 0.1) is 0 Å². The first kappa shape index (κ1) is 16.3. The highest BCUT2D eigenvalue weighted by Gasteiger charge is 2.25. The molecular weight excluding hydrogens is 254 g/mol. The SMILES string of the molecule is CNCCC1CCCCN1C(=O)CCOCC(F)F. The fourth-order valence-corrected chi connectivity index (χ4v) is 2.42. The Hall–Kier alpha value is -0.750. The average molecular weight is 278 g/mol. The number of piperidine rings is 1. The fraction of sp³-hybridized carbons (Fsp3) is 0.923. The predicted octanol–water partition coefficient (Wildman–Crippen LogP) is 1.65. The van der Waals surface area contributed by atoms with Gasteiger partial charge in [0.25, 0.3) is 6.43 Å². The van der Waals surface area contributed by atoms with Crippen LogP contribution in [-0.2, 0) is 9.53 Å². The lowest BCUT2D eigenvalue weighted by atomic mass is 9.99. The lowest BCUT2D eigenvalue weighted by molar-refractivity contribution is -0.136. The zero-order valence-electron chi connectivity index (χ0n) is 11.5. The van der Waals surface area contributed by atoms with Crippen LogP contribution in [0.25, 0.3) is 0 Å². The quantitative estimate of drug-likeness (QED) is 0.686. The van der Waals surface area contributed by atoms with Gasteiger partial charge in [0.2, 0.25) is 5.91 Å². The van der Waals surface area contributed by atoms with E-state index in [0.29, 0.717) is 0 Å². The number of amides is 1. The number of nitrogens with one attached hydrogen (secondary N) is 1. The Morgan fingerprint density at radius 1 is 1.47 bits per heavy atom. The van der Waals surface area contributed by atoms with Crippen LogP contribution < -0.4 is 5.32 Å². The van der Waals surface area contributed by atoms with E-state index in [1.165, 1.54) is 0 Å². The Labute approximate surface area is 113 Å². The van der Waals surface area contributed by atoms with Crippen molar-refractivity contribution in [2.75, 3.05) is 33.4 Å². The Bertz CT molecular complexity index is 265. The topological polar surface area (TPSA) is 41.6 Å². The number of alkyl halides is 2. The van der Waals surface area contributed by atoms with Crippen LogP contribution in [0.3, 0.4) is 0 Å². The lowest BCUT2D eigenvalue weighted by Crippen LogP contribution is -2.45. The molecule has 0 bridgehead atoms. The summed E-state index contributed by atoms with van der Waals surface area (Å²) < 4.78 is 28.5. The fourth-order valence-electron chi connectivity index (χ4n) is 2.42. The van der Waals surface area contributed by atoms with Gasteiger partial charge in [-0.05, 0) is 39.3 Å². The first-order valence-electron chi connectivity index (χ1n) is 6.95. The molecule has 1 rings (SSSR count). The molecule has 1 aliphatic heterocycles. The van der Waals surface area contributed by atoms with Gasteiger partial charge in [0, 0.05) is 12.6 Å². The van der Waals surface area contributed by atoms with E-state index in [0.717, 1.165) is 38.8 Å². The smallest absolute Gasteiger partial charge is 0.261 e. The second kappa shape index (κ2) is 9.20. The van der Waals surface area contributed by atoms with Crippen molar-refractivity contribution in [1.82, 2.24) is 10.2 Å². The summed E-state index contributed by atoms with van der Waals surface area (Å²) in [6.45, 7) is 1.16. The molecule has 112 valence electrons. The van der Waals surface area contributed by atoms with Crippen LogP contribution in [0.15, 0.2) is 0 Å². The van der Waals surface area contributed by atoms with Crippen molar-refractivity contribution in [3.63, 3.8) is 0 Å². The van der Waals surface area contributed by atoms with E-state index in [1.54, 1.807) is 0 Å². The molecule has 19 heavy (non-hydrogen) atoms. The van der Waals surface area contributed by atoms with Crippen LogP contribution in [0.5, 0.6) is 0 Å². The molecule has 1 fully saturated rings. The molecule has 1 N–H and O–H groups in total. The number of rotatable bonds is 8. The molecule has 0 aromatic carbocycles. The van der Waals surface area contributed by atoms with Crippen molar-refractivity contribution in [3.8, 4) is 0 Å². The lowest BCUT2D eigenvalue weighted by Gasteiger charge is -2.36. The summed E-state index contributed by atoms with van der Waals surface area (Å²) in [6, 6.07) is 0.281. The maximum Gasteiger partial charge on any atom is 0.261 e. The Kier molecular flexibility index (Phi) is 7.90.